The fraction of sp³-hybridized carbons (Fsp3) is 0.0556. The van der Waals surface area contributed by atoms with Gasteiger partial charge in [-0.1, -0.05) is 23.7 Å². The van der Waals surface area contributed by atoms with Gasteiger partial charge in [0.15, 0.2) is 5.82 Å². The maximum atomic E-state index is 12.8. The van der Waals surface area contributed by atoms with Gasteiger partial charge in [-0.3, -0.25) is 0 Å². The summed E-state index contributed by atoms with van der Waals surface area (Å²) in [6.45, 7) is 0. The van der Waals surface area contributed by atoms with Crippen molar-refractivity contribution in [2.24, 2.45) is 0 Å². The second kappa shape index (κ2) is 7.31. The number of hydrogen-bond donors (Lipinski definition) is 1. The van der Waals surface area contributed by atoms with Crippen molar-refractivity contribution in [3.05, 3.63) is 63.0 Å². The lowest BCUT2D eigenvalue weighted by molar-refractivity contribution is -0.137. The zero-order valence-corrected chi connectivity index (χ0v) is 16.9. The molecule has 0 spiro atoms. The van der Waals surface area contributed by atoms with Crippen LogP contribution in [0.1, 0.15) is 5.56 Å². The quantitative estimate of drug-likeness (QED) is 0.342. The van der Waals surface area contributed by atoms with Crippen LogP contribution in [0.2, 0.25) is 5.02 Å². The highest BCUT2D eigenvalue weighted by Gasteiger charge is 2.31. The zero-order chi connectivity index (χ0) is 19.9. The largest absolute Gasteiger partial charge is 0.417 e. The van der Waals surface area contributed by atoms with E-state index in [1.165, 1.54) is 11.3 Å². The first-order chi connectivity index (χ1) is 13.3. The molecule has 1 aromatic carbocycles. The molecule has 0 radical (unpaired) electrons. The molecule has 4 rings (SSSR count). The molecule has 0 bridgehead atoms. The Morgan fingerprint density at radius 3 is 2.32 bits per heavy atom. The highest BCUT2D eigenvalue weighted by molar-refractivity contribution is 9.11. The molecule has 0 aliphatic heterocycles. The molecule has 142 valence electrons. The predicted octanol–water partition coefficient (Wildman–Crippen LogP) is 6.93. The summed E-state index contributed by atoms with van der Waals surface area (Å²) < 4.78 is 39.4. The van der Waals surface area contributed by atoms with E-state index in [1.807, 2.05) is 30.3 Å². The highest BCUT2D eigenvalue weighted by Crippen LogP contribution is 2.37. The number of halogens is 5. The van der Waals surface area contributed by atoms with E-state index < -0.39 is 11.7 Å². The summed E-state index contributed by atoms with van der Waals surface area (Å²) in [7, 11) is 0. The number of para-hydroxylation sites is 2. The van der Waals surface area contributed by atoms with Crippen LogP contribution in [-0.2, 0) is 6.18 Å². The van der Waals surface area contributed by atoms with Crippen LogP contribution in [0.5, 0.6) is 0 Å². The third kappa shape index (κ3) is 3.82. The molecule has 1 N–H and O–H groups in total. The number of rotatable bonds is 3. The number of anilines is 2. The SMILES string of the molecule is FC(F)(F)c1cnc(Nc2nc3ccccc3nc2-c2ccc(Br)s2)c(Cl)c1. The van der Waals surface area contributed by atoms with Gasteiger partial charge in [0.1, 0.15) is 11.5 Å². The minimum Gasteiger partial charge on any atom is -0.322 e. The summed E-state index contributed by atoms with van der Waals surface area (Å²) >= 11 is 10.9. The molecule has 0 aliphatic rings. The minimum atomic E-state index is -4.52. The summed E-state index contributed by atoms with van der Waals surface area (Å²) in [5.41, 5.74) is 0.952. The Labute approximate surface area is 174 Å². The van der Waals surface area contributed by atoms with E-state index in [1.54, 1.807) is 6.07 Å². The Bertz CT molecular complexity index is 1180. The van der Waals surface area contributed by atoms with E-state index in [4.69, 9.17) is 11.6 Å². The van der Waals surface area contributed by atoms with E-state index in [-0.39, 0.29) is 10.8 Å². The summed E-state index contributed by atoms with van der Waals surface area (Å²) in [6.07, 6.45) is -3.80. The van der Waals surface area contributed by atoms with Crippen LogP contribution in [0.25, 0.3) is 21.6 Å². The summed E-state index contributed by atoms with van der Waals surface area (Å²) in [6, 6.07) is 11.9. The number of nitrogens with one attached hydrogen (secondary N) is 1. The van der Waals surface area contributed by atoms with E-state index in [0.29, 0.717) is 22.5 Å². The molecule has 0 unspecified atom stereocenters. The maximum Gasteiger partial charge on any atom is 0.417 e. The van der Waals surface area contributed by atoms with Crippen LogP contribution in [-0.4, -0.2) is 15.0 Å². The van der Waals surface area contributed by atoms with Gasteiger partial charge in [-0.15, -0.1) is 11.3 Å². The number of fused-ring (bicyclic) bond motifs is 1. The highest BCUT2D eigenvalue weighted by atomic mass is 79.9. The van der Waals surface area contributed by atoms with Crippen molar-refractivity contribution >= 4 is 61.5 Å². The first-order valence-corrected chi connectivity index (χ1v) is 9.82. The first-order valence-electron chi connectivity index (χ1n) is 7.83. The summed E-state index contributed by atoms with van der Waals surface area (Å²) in [4.78, 5) is 13.9. The van der Waals surface area contributed by atoms with Crippen molar-refractivity contribution in [1.29, 1.82) is 0 Å². The molecule has 0 saturated carbocycles. The molecule has 0 atom stereocenters. The first kappa shape index (κ1) is 19.1. The third-order valence-corrected chi connectivity index (χ3v) is 5.70. The molecular weight excluding hydrogens is 477 g/mol. The van der Waals surface area contributed by atoms with E-state index >= 15 is 0 Å². The lowest BCUT2D eigenvalue weighted by Crippen LogP contribution is -2.07. The number of hydrogen-bond acceptors (Lipinski definition) is 5. The summed E-state index contributed by atoms with van der Waals surface area (Å²) in [5.74, 6) is 0.415. The van der Waals surface area contributed by atoms with E-state index in [9.17, 15) is 13.2 Å². The molecule has 4 aromatic rings. The molecule has 28 heavy (non-hydrogen) atoms. The average Bonchev–Trinajstić information content (AvgIpc) is 3.08. The number of nitrogens with zero attached hydrogens (tertiary/aromatic N) is 3. The van der Waals surface area contributed by atoms with Crippen LogP contribution in [0, 0.1) is 0 Å². The number of pyridine rings is 1. The molecule has 3 aromatic heterocycles. The lowest BCUT2D eigenvalue weighted by atomic mass is 10.2. The van der Waals surface area contributed by atoms with Crippen molar-refractivity contribution in [3.63, 3.8) is 0 Å². The third-order valence-electron chi connectivity index (χ3n) is 3.78. The van der Waals surface area contributed by atoms with Gasteiger partial charge in [0, 0.05) is 6.20 Å². The van der Waals surface area contributed by atoms with Gasteiger partial charge in [0.2, 0.25) is 0 Å². The Morgan fingerprint density at radius 2 is 1.71 bits per heavy atom. The number of aromatic nitrogens is 3. The number of benzene rings is 1. The molecule has 10 heteroatoms. The number of thiophene rings is 1. The van der Waals surface area contributed by atoms with Gasteiger partial charge in [0.05, 0.1) is 30.3 Å². The Hall–Kier alpha value is -2.23. The monoisotopic (exact) mass is 484 g/mol. The van der Waals surface area contributed by atoms with Crippen LogP contribution < -0.4 is 5.32 Å². The van der Waals surface area contributed by atoms with Gasteiger partial charge in [0.25, 0.3) is 0 Å². The molecule has 0 fully saturated rings. The Balaban J connectivity index is 1.82. The summed E-state index contributed by atoms with van der Waals surface area (Å²) in [5, 5.41) is 2.76. The fourth-order valence-electron chi connectivity index (χ4n) is 2.50. The molecule has 4 nitrogen and oxygen atoms in total. The minimum absolute atomic E-state index is 0.0659. The van der Waals surface area contributed by atoms with Gasteiger partial charge in [-0.25, -0.2) is 15.0 Å². The average molecular weight is 486 g/mol. The Morgan fingerprint density at radius 1 is 1.00 bits per heavy atom. The van der Waals surface area contributed by atoms with Crippen LogP contribution in [0.15, 0.2) is 52.4 Å². The molecular formula is C18H9BrClF3N4S. The molecule has 3 heterocycles. The topological polar surface area (TPSA) is 50.7 Å². The predicted molar refractivity (Wildman–Crippen MR) is 108 cm³/mol. The van der Waals surface area contributed by atoms with Crippen molar-refractivity contribution < 1.29 is 13.2 Å². The van der Waals surface area contributed by atoms with Crippen molar-refractivity contribution in [1.82, 2.24) is 15.0 Å². The smallest absolute Gasteiger partial charge is 0.322 e. The maximum absolute atomic E-state index is 12.8. The van der Waals surface area contributed by atoms with Crippen molar-refractivity contribution in [3.8, 4) is 10.6 Å². The van der Waals surface area contributed by atoms with Crippen molar-refractivity contribution in [2.45, 2.75) is 6.18 Å². The van der Waals surface area contributed by atoms with Crippen LogP contribution >= 0.6 is 38.9 Å². The second-order valence-corrected chi connectivity index (χ2v) is 8.56. The van der Waals surface area contributed by atoms with Gasteiger partial charge in [-0.05, 0) is 46.3 Å². The van der Waals surface area contributed by atoms with Crippen LogP contribution in [0.4, 0.5) is 24.8 Å². The van der Waals surface area contributed by atoms with Crippen LogP contribution in [0.3, 0.4) is 0 Å². The van der Waals surface area contributed by atoms with Gasteiger partial charge < -0.3 is 5.32 Å². The lowest BCUT2D eigenvalue weighted by Gasteiger charge is -2.13. The van der Waals surface area contributed by atoms with Gasteiger partial charge >= 0.3 is 6.18 Å². The van der Waals surface area contributed by atoms with Crippen molar-refractivity contribution in [2.75, 3.05) is 5.32 Å². The van der Waals surface area contributed by atoms with E-state index in [2.05, 4.69) is 36.2 Å². The van der Waals surface area contributed by atoms with Gasteiger partial charge in [-0.2, -0.15) is 13.2 Å². The normalized spacial score (nSPS) is 11.8. The molecule has 0 amide bonds. The van der Waals surface area contributed by atoms with E-state index in [0.717, 1.165) is 20.9 Å². The molecule has 0 saturated heterocycles. The number of alkyl halides is 3. The molecule has 0 aliphatic carbocycles. The second-order valence-electron chi connectivity index (χ2n) is 5.69. The zero-order valence-electron chi connectivity index (χ0n) is 13.8. The fourth-order valence-corrected chi connectivity index (χ4v) is 4.09. The standard InChI is InChI=1S/C18H9BrClF3N4S/c19-14-6-5-13(28-14)15-17(26-12-4-2-1-3-11(12)25-15)27-16-10(20)7-9(8-24-16)18(21,22)23/h1-8H,(H,24,26,27). The Kier molecular flexibility index (Phi) is 4.98.